The molecule has 17 heavy (non-hydrogen) atoms. The van der Waals surface area contributed by atoms with Gasteiger partial charge >= 0.3 is 6.16 Å². The number of carbonyl (C=O) groups is 1. The normalized spacial score (nSPS) is 12.2. The monoisotopic (exact) mass is 239 g/mol. The number of nitrogens with zero attached hydrogens (tertiary/aromatic N) is 1. The summed E-state index contributed by atoms with van der Waals surface area (Å²) < 4.78 is 14.8. The zero-order valence-electron chi connectivity index (χ0n) is 10.3. The lowest BCUT2D eigenvalue weighted by molar-refractivity contribution is -0.174. The van der Waals surface area contributed by atoms with Gasteiger partial charge in [-0.1, -0.05) is 30.3 Å². The summed E-state index contributed by atoms with van der Waals surface area (Å²) in [4.78, 5) is 13.0. The Balaban J connectivity index is 2.35. The van der Waals surface area contributed by atoms with Crippen molar-refractivity contribution in [3.05, 3.63) is 35.9 Å². The predicted octanol–water partition coefficient (Wildman–Crippen LogP) is 1.83. The quantitative estimate of drug-likeness (QED) is 0.579. The van der Waals surface area contributed by atoms with Gasteiger partial charge in [-0.2, -0.15) is 0 Å². The van der Waals surface area contributed by atoms with Gasteiger partial charge in [0.05, 0.1) is 0 Å². The summed E-state index contributed by atoms with van der Waals surface area (Å²) in [7, 11) is 4.92. The molecule has 5 nitrogen and oxygen atoms in total. The fourth-order valence-electron chi connectivity index (χ4n) is 1.20. The average Bonchev–Trinajstić information content (AvgIpc) is 2.34. The van der Waals surface area contributed by atoms with Crippen molar-refractivity contribution in [3.63, 3.8) is 0 Å². The Morgan fingerprint density at radius 2 is 1.94 bits per heavy atom. The van der Waals surface area contributed by atoms with E-state index in [9.17, 15) is 4.79 Å². The molecule has 1 unspecified atom stereocenters. The Kier molecular flexibility index (Phi) is 5.45. The molecule has 0 aromatic heterocycles. The Morgan fingerprint density at radius 1 is 1.29 bits per heavy atom. The van der Waals surface area contributed by atoms with Gasteiger partial charge in [0.25, 0.3) is 6.41 Å². The zero-order valence-corrected chi connectivity index (χ0v) is 10.3. The molecule has 94 valence electrons. The van der Waals surface area contributed by atoms with Crippen LogP contribution >= 0.6 is 0 Å². The minimum absolute atomic E-state index is 0.184. The number of methoxy groups -OCH3 is 1. The van der Waals surface area contributed by atoms with E-state index in [1.807, 2.05) is 30.3 Å². The molecule has 1 aromatic carbocycles. The standard InChI is InChI=1S/C12H17NO4/c1-13(2)11(15-3)17-12(14)16-9-10-7-5-4-6-8-10/h4-8,11H,9H2,1-3H3. The van der Waals surface area contributed by atoms with Crippen LogP contribution in [0.15, 0.2) is 30.3 Å². The summed E-state index contributed by atoms with van der Waals surface area (Å²) in [6, 6.07) is 9.39. The van der Waals surface area contributed by atoms with Gasteiger partial charge in [0.2, 0.25) is 0 Å². The van der Waals surface area contributed by atoms with Crippen LogP contribution in [0, 0.1) is 0 Å². The largest absolute Gasteiger partial charge is 0.511 e. The second kappa shape index (κ2) is 6.88. The lowest BCUT2D eigenvalue weighted by Crippen LogP contribution is -2.34. The van der Waals surface area contributed by atoms with Crippen molar-refractivity contribution in [1.29, 1.82) is 0 Å². The number of ether oxygens (including phenoxy) is 3. The summed E-state index contributed by atoms with van der Waals surface area (Å²) in [6.45, 7) is 0.184. The van der Waals surface area contributed by atoms with E-state index in [1.165, 1.54) is 7.11 Å². The summed E-state index contributed by atoms with van der Waals surface area (Å²) in [5, 5.41) is 0. The van der Waals surface area contributed by atoms with E-state index in [-0.39, 0.29) is 6.61 Å². The summed E-state index contributed by atoms with van der Waals surface area (Å²) in [6.07, 6.45) is -1.49. The summed E-state index contributed by atoms with van der Waals surface area (Å²) in [5.74, 6) is 0. The van der Waals surface area contributed by atoms with E-state index >= 15 is 0 Å². The third-order valence-electron chi connectivity index (χ3n) is 2.02. The highest BCUT2D eigenvalue weighted by Gasteiger charge is 2.16. The van der Waals surface area contributed by atoms with Gasteiger partial charge in [0, 0.05) is 7.11 Å². The fraction of sp³-hybridized carbons (Fsp3) is 0.417. The van der Waals surface area contributed by atoms with Crippen molar-refractivity contribution >= 4 is 6.16 Å². The highest BCUT2D eigenvalue weighted by molar-refractivity contribution is 5.60. The van der Waals surface area contributed by atoms with Gasteiger partial charge in [-0.15, -0.1) is 0 Å². The van der Waals surface area contributed by atoms with Crippen molar-refractivity contribution in [2.45, 2.75) is 13.0 Å². The molecule has 1 rings (SSSR count). The lowest BCUT2D eigenvalue weighted by atomic mass is 10.2. The number of carbonyl (C=O) groups excluding carboxylic acids is 1. The third-order valence-corrected chi connectivity index (χ3v) is 2.02. The first-order valence-corrected chi connectivity index (χ1v) is 5.20. The van der Waals surface area contributed by atoms with E-state index in [2.05, 4.69) is 0 Å². The molecule has 0 spiro atoms. The van der Waals surface area contributed by atoms with Crippen molar-refractivity contribution in [3.8, 4) is 0 Å². The first-order chi connectivity index (χ1) is 8.13. The van der Waals surface area contributed by atoms with E-state index in [4.69, 9.17) is 14.2 Å². The molecule has 0 N–H and O–H groups in total. The fourth-order valence-corrected chi connectivity index (χ4v) is 1.20. The molecule has 0 aliphatic carbocycles. The highest BCUT2D eigenvalue weighted by Crippen LogP contribution is 2.04. The number of rotatable bonds is 5. The van der Waals surface area contributed by atoms with E-state index in [1.54, 1.807) is 19.0 Å². The van der Waals surface area contributed by atoms with E-state index in [0.29, 0.717) is 0 Å². The molecule has 5 heteroatoms. The van der Waals surface area contributed by atoms with Crippen LogP contribution in [0.2, 0.25) is 0 Å². The van der Waals surface area contributed by atoms with Crippen LogP contribution in [-0.2, 0) is 20.8 Å². The number of benzene rings is 1. The maximum atomic E-state index is 11.3. The molecular weight excluding hydrogens is 222 g/mol. The minimum Gasteiger partial charge on any atom is -0.429 e. The lowest BCUT2D eigenvalue weighted by Gasteiger charge is -2.21. The Morgan fingerprint density at radius 3 is 2.47 bits per heavy atom. The molecule has 0 aliphatic rings. The van der Waals surface area contributed by atoms with Crippen LogP contribution < -0.4 is 0 Å². The topological polar surface area (TPSA) is 48.0 Å². The number of hydrogen-bond donors (Lipinski definition) is 0. The minimum atomic E-state index is -0.755. The van der Waals surface area contributed by atoms with Crippen molar-refractivity contribution in [2.24, 2.45) is 0 Å². The van der Waals surface area contributed by atoms with Crippen molar-refractivity contribution in [2.75, 3.05) is 21.2 Å². The first kappa shape index (κ1) is 13.5. The van der Waals surface area contributed by atoms with E-state index < -0.39 is 12.6 Å². The van der Waals surface area contributed by atoms with Crippen LogP contribution in [0.25, 0.3) is 0 Å². The second-order valence-electron chi connectivity index (χ2n) is 3.65. The predicted molar refractivity (Wildman–Crippen MR) is 62.2 cm³/mol. The van der Waals surface area contributed by atoms with E-state index in [0.717, 1.165) is 5.56 Å². The molecule has 0 fully saturated rings. The molecule has 0 aliphatic heterocycles. The third kappa shape index (κ3) is 4.84. The van der Waals surface area contributed by atoms with Gasteiger partial charge < -0.3 is 14.2 Å². The molecule has 0 heterocycles. The van der Waals surface area contributed by atoms with Crippen LogP contribution in [0.5, 0.6) is 0 Å². The van der Waals surface area contributed by atoms with Crippen molar-refractivity contribution in [1.82, 2.24) is 4.90 Å². The zero-order chi connectivity index (χ0) is 12.7. The molecule has 1 aromatic rings. The maximum Gasteiger partial charge on any atom is 0.511 e. The number of hydrogen-bond acceptors (Lipinski definition) is 5. The van der Waals surface area contributed by atoms with Gasteiger partial charge in [-0.05, 0) is 19.7 Å². The molecule has 0 radical (unpaired) electrons. The Labute approximate surface area is 101 Å². The SMILES string of the molecule is COC(OC(=O)OCc1ccccc1)N(C)C. The molecule has 0 bridgehead atoms. The van der Waals surface area contributed by atoms with Crippen LogP contribution in [0.4, 0.5) is 4.79 Å². The molecular formula is C12H17NO4. The molecule has 1 atom stereocenters. The molecule has 0 saturated carbocycles. The van der Waals surface area contributed by atoms with Gasteiger partial charge in [0.15, 0.2) is 0 Å². The smallest absolute Gasteiger partial charge is 0.429 e. The molecule has 0 amide bonds. The highest BCUT2D eigenvalue weighted by atomic mass is 16.8. The molecule has 0 saturated heterocycles. The average molecular weight is 239 g/mol. The van der Waals surface area contributed by atoms with Crippen LogP contribution in [0.1, 0.15) is 5.56 Å². The van der Waals surface area contributed by atoms with Gasteiger partial charge in [-0.25, -0.2) is 4.79 Å². The van der Waals surface area contributed by atoms with Crippen LogP contribution in [-0.4, -0.2) is 38.7 Å². The maximum absolute atomic E-state index is 11.3. The Hall–Kier alpha value is -1.59. The van der Waals surface area contributed by atoms with Crippen LogP contribution in [0.3, 0.4) is 0 Å². The summed E-state index contributed by atoms with van der Waals surface area (Å²) >= 11 is 0. The van der Waals surface area contributed by atoms with Gasteiger partial charge in [-0.3, -0.25) is 4.90 Å². The second-order valence-corrected chi connectivity index (χ2v) is 3.65. The Bertz CT molecular complexity index is 340. The van der Waals surface area contributed by atoms with Gasteiger partial charge in [0.1, 0.15) is 6.61 Å². The van der Waals surface area contributed by atoms with Crippen molar-refractivity contribution < 1.29 is 19.0 Å². The first-order valence-electron chi connectivity index (χ1n) is 5.20. The summed E-state index contributed by atoms with van der Waals surface area (Å²) in [5.41, 5.74) is 0.906.